The van der Waals surface area contributed by atoms with Crippen molar-refractivity contribution >= 4 is 17.5 Å². The summed E-state index contributed by atoms with van der Waals surface area (Å²) in [7, 11) is 1.27. The van der Waals surface area contributed by atoms with Crippen LogP contribution in [-0.4, -0.2) is 24.6 Å². The van der Waals surface area contributed by atoms with Crippen LogP contribution in [0.2, 0.25) is 0 Å². The van der Waals surface area contributed by atoms with Gasteiger partial charge >= 0.3 is 5.97 Å². The van der Waals surface area contributed by atoms with Crippen molar-refractivity contribution < 1.29 is 19.1 Å². The molecule has 1 aromatic rings. The fourth-order valence-electron chi connectivity index (χ4n) is 2.92. The summed E-state index contributed by atoms with van der Waals surface area (Å²) in [5, 5.41) is 0. The quantitative estimate of drug-likeness (QED) is 0.427. The van der Waals surface area contributed by atoms with Gasteiger partial charge in [0, 0.05) is 18.4 Å². The van der Waals surface area contributed by atoms with Gasteiger partial charge in [0.1, 0.15) is 5.41 Å². The molecule has 2 rings (SSSR count). The third-order valence-electron chi connectivity index (χ3n) is 4.59. The van der Waals surface area contributed by atoms with E-state index in [1.54, 1.807) is 36.4 Å². The number of allylic oxidation sites excluding steroid dienone is 3. The lowest BCUT2D eigenvalue weighted by Gasteiger charge is -2.26. The summed E-state index contributed by atoms with van der Waals surface area (Å²) in [6.07, 6.45) is 7.16. The maximum atomic E-state index is 12.7. The lowest BCUT2D eigenvalue weighted by molar-refractivity contribution is -0.154. The van der Waals surface area contributed by atoms with E-state index in [0.29, 0.717) is 11.5 Å². The molecule has 1 atom stereocenters. The zero-order valence-electron chi connectivity index (χ0n) is 15.0. The number of ether oxygens (including phenoxy) is 1. The Hall–Kier alpha value is -2.49. The molecular weight excluding hydrogens is 316 g/mol. The van der Waals surface area contributed by atoms with Gasteiger partial charge in [-0.05, 0) is 17.9 Å². The van der Waals surface area contributed by atoms with Gasteiger partial charge in [-0.2, -0.15) is 0 Å². The van der Waals surface area contributed by atoms with Crippen LogP contribution in [0.3, 0.4) is 0 Å². The van der Waals surface area contributed by atoms with Crippen LogP contribution in [0.25, 0.3) is 0 Å². The van der Waals surface area contributed by atoms with E-state index < -0.39 is 11.4 Å². The molecule has 0 saturated heterocycles. The Morgan fingerprint density at radius 3 is 2.28 bits per heavy atom. The molecule has 4 heteroatoms. The monoisotopic (exact) mass is 340 g/mol. The zero-order chi connectivity index (χ0) is 18.4. The average molecular weight is 340 g/mol. The van der Waals surface area contributed by atoms with E-state index in [-0.39, 0.29) is 30.8 Å². The van der Waals surface area contributed by atoms with Gasteiger partial charge in [-0.25, -0.2) is 0 Å². The molecule has 0 fully saturated rings. The average Bonchev–Trinajstić information content (AvgIpc) is 2.65. The summed E-state index contributed by atoms with van der Waals surface area (Å²) < 4.78 is 4.81. The summed E-state index contributed by atoms with van der Waals surface area (Å²) in [5.41, 5.74) is 0.449. The van der Waals surface area contributed by atoms with Crippen molar-refractivity contribution in [2.75, 3.05) is 7.11 Å². The van der Waals surface area contributed by atoms with Crippen molar-refractivity contribution in [3.05, 3.63) is 59.7 Å². The van der Waals surface area contributed by atoms with Crippen molar-refractivity contribution in [2.24, 2.45) is 5.41 Å². The Morgan fingerprint density at radius 1 is 1.08 bits per heavy atom. The van der Waals surface area contributed by atoms with E-state index in [4.69, 9.17) is 4.74 Å². The molecule has 1 aliphatic rings. The van der Waals surface area contributed by atoms with Gasteiger partial charge in [-0.3, -0.25) is 14.4 Å². The summed E-state index contributed by atoms with van der Waals surface area (Å²) in [6.45, 7) is 4.18. The van der Waals surface area contributed by atoms with Gasteiger partial charge in [0.15, 0.2) is 11.6 Å². The van der Waals surface area contributed by atoms with E-state index in [9.17, 15) is 14.4 Å². The zero-order valence-corrected chi connectivity index (χ0v) is 15.0. The first-order valence-electron chi connectivity index (χ1n) is 8.50. The molecule has 0 radical (unpaired) electrons. The Balaban J connectivity index is 2.05. The van der Waals surface area contributed by atoms with Crippen LogP contribution >= 0.6 is 0 Å². The van der Waals surface area contributed by atoms with Gasteiger partial charge in [0.05, 0.1) is 7.11 Å². The first kappa shape index (κ1) is 18.8. The minimum atomic E-state index is -1.30. The predicted octanol–water partition coefficient (Wildman–Crippen LogP) is 4.02. The largest absolute Gasteiger partial charge is 0.468 e. The lowest BCUT2D eigenvalue weighted by atomic mass is 9.76. The molecular formula is C21H24O4. The van der Waals surface area contributed by atoms with E-state index >= 15 is 0 Å². The molecule has 1 aromatic carbocycles. The molecule has 0 aromatic heterocycles. The predicted molar refractivity (Wildman–Crippen MR) is 96.4 cm³/mol. The van der Waals surface area contributed by atoms with Crippen molar-refractivity contribution in [3.63, 3.8) is 0 Å². The molecule has 0 N–H and O–H groups in total. The first-order chi connectivity index (χ1) is 11.9. The second-order valence-electron chi connectivity index (χ2n) is 6.58. The van der Waals surface area contributed by atoms with Crippen LogP contribution in [0.5, 0.6) is 0 Å². The molecule has 4 nitrogen and oxygen atoms in total. The molecule has 1 unspecified atom stereocenters. The Kier molecular flexibility index (Phi) is 6.07. The van der Waals surface area contributed by atoms with Gasteiger partial charge in [0.25, 0.3) is 0 Å². The van der Waals surface area contributed by atoms with Crippen LogP contribution in [0, 0.1) is 5.41 Å². The molecule has 1 aliphatic carbocycles. The molecule has 132 valence electrons. The Labute approximate surface area is 148 Å². The molecule has 0 bridgehead atoms. The van der Waals surface area contributed by atoms with Crippen LogP contribution in [0.1, 0.15) is 54.9 Å². The highest BCUT2D eigenvalue weighted by Crippen LogP contribution is 2.32. The smallest absolute Gasteiger partial charge is 0.323 e. The summed E-state index contributed by atoms with van der Waals surface area (Å²) in [4.78, 5) is 37.2. The maximum Gasteiger partial charge on any atom is 0.323 e. The van der Waals surface area contributed by atoms with E-state index in [2.05, 4.69) is 13.8 Å². The van der Waals surface area contributed by atoms with Crippen molar-refractivity contribution in [1.82, 2.24) is 0 Å². The van der Waals surface area contributed by atoms with Crippen LogP contribution in [0.15, 0.2) is 48.6 Å². The number of hydrogen-bond acceptors (Lipinski definition) is 4. The fraction of sp³-hybridized carbons (Fsp3) is 0.381. The molecule has 0 spiro atoms. The number of rotatable bonds is 7. The van der Waals surface area contributed by atoms with Crippen LogP contribution in [-0.2, 0) is 14.3 Å². The van der Waals surface area contributed by atoms with E-state index in [1.165, 1.54) is 7.11 Å². The normalized spacial score (nSPS) is 19.0. The number of methoxy groups -OCH3 is 1. The summed E-state index contributed by atoms with van der Waals surface area (Å²) in [5.74, 6) is -0.560. The van der Waals surface area contributed by atoms with Gasteiger partial charge in [-0.1, -0.05) is 62.4 Å². The number of esters is 1. The highest BCUT2D eigenvalue weighted by Gasteiger charge is 2.43. The van der Waals surface area contributed by atoms with E-state index in [0.717, 1.165) is 5.56 Å². The number of carbonyl (C=O) groups excluding carboxylic acids is 3. The lowest BCUT2D eigenvalue weighted by Crippen LogP contribution is -2.39. The second-order valence-corrected chi connectivity index (χ2v) is 6.58. The van der Waals surface area contributed by atoms with Crippen molar-refractivity contribution in [3.8, 4) is 0 Å². The van der Waals surface area contributed by atoms with Crippen LogP contribution in [0.4, 0.5) is 0 Å². The highest BCUT2D eigenvalue weighted by molar-refractivity contribution is 6.08. The number of carbonyl (C=O) groups is 3. The highest BCUT2D eigenvalue weighted by atomic mass is 16.5. The van der Waals surface area contributed by atoms with Gasteiger partial charge in [-0.15, -0.1) is 0 Å². The second kappa shape index (κ2) is 8.06. The van der Waals surface area contributed by atoms with Gasteiger partial charge < -0.3 is 4.74 Å². The molecule has 0 amide bonds. The standard InChI is InChI=1S/C21H24O4/c1-15(2)16-7-9-17(10-8-16)18(22)11-12-19(23)21(20(24)25-3)13-5-4-6-14-21/h4-10,13,15H,11-12,14H2,1-3H3. The van der Waals surface area contributed by atoms with Crippen molar-refractivity contribution in [1.29, 1.82) is 0 Å². The molecule has 0 heterocycles. The Bertz CT molecular complexity index is 710. The topological polar surface area (TPSA) is 60.4 Å². The molecule has 25 heavy (non-hydrogen) atoms. The summed E-state index contributed by atoms with van der Waals surface area (Å²) >= 11 is 0. The first-order valence-corrected chi connectivity index (χ1v) is 8.50. The van der Waals surface area contributed by atoms with Gasteiger partial charge in [0.2, 0.25) is 0 Å². The number of ketones is 2. The number of Topliss-reactive ketones (excluding diaryl/α,β-unsaturated/α-hetero) is 2. The number of benzene rings is 1. The third-order valence-corrected chi connectivity index (χ3v) is 4.59. The minimum absolute atomic E-state index is 0.0119. The fourth-order valence-corrected chi connectivity index (χ4v) is 2.92. The van der Waals surface area contributed by atoms with Crippen LogP contribution < -0.4 is 0 Å². The third kappa shape index (κ3) is 4.13. The molecule has 0 saturated carbocycles. The maximum absolute atomic E-state index is 12.7. The minimum Gasteiger partial charge on any atom is -0.468 e. The van der Waals surface area contributed by atoms with Crippen molar-refractivity contribution in [2.45, 2.75) is 39.0 Å². The Morgan fingerprint density at radius 2 is 1.76 bits per heavy atom. The summed E-state index contributed by atoms with van der Waals surface area (Å²) in [6, 6.07) is 7.46. The number of hydrogen-bond donors (Lipinski definition) is 0. The van der Waals surface area contributed by atoms with E-state index in [1.807, 2.05) is 12.1 Å². The SMILES string of the molecule is COC(=O)C1(C(=O)CCC(=O)c2ccc(C(C)C)cc2)C=CC=CC1. The molecule has 0 aliphatic heterocycles.